The van der Waals surface area contributed by atoms with E-state index in [1.54, 1.807) is 4.90 Å². The fourth-order valence-corrected chi connectivity index (χ4v) is 2.50. The molecule has 0 bridgehead atoms. The number of amides is 2. The van der Waals surface area contributed by atoms with Crippen LogP contribution in [0.3, 0.4) is 0 Å². The SMILES string of the molecule is CCNC(=O)C1CNCCN1C(=O)c1cccn1CC. The van der Waals surface area contributed by atoms with Gasteiger partial charge in [0.1, 0.15) is 11.7 Å². The maximum Gasteiger partial charge on any atom is 0.271 e. The van der Waals surface area contributed by atoms with E-state index in [4.69, 9.17) is 0 Å². The van der Waals surface area contributed by atoms with Gasteiger partial charge in [0.2, 0.25) is 5.91 Å². The number of aryl methyl sites for hydroxylation is 1. The van der Waals surface area contributed by atoms with Crippen molar-refractivity contribution in [3.05, 3.63) is 24.0 Å². The highest BCUT2D eigenvalue weighted by atomic mass is 16.2. The number of carbonyl (C=O) groups excluding carboxylic acids is 2. The van der Waals surface area contributed by atoms with E-state index in [-0.39, 0.29) is 11.8 Å². The molecule has 0 aliphatic carbocycles. The zero-order valence-corrected chi connectivity index (χ0v) is 12.1. The summed E-state index contributed by atoms with van der Waals surface area (Å²) in [5, 5.41) is 5.97. The van der Waals surface area contributed by atoms with E-state index in [1.165, 1.54) is 0 Å². The van der Waals surface area contributed by atoms with E-state index < -0.39 is 6.04 Å². The molecule has 110 valence electrons. The van der Waals surface area contributed by atoms with Crippen molar-refractivity contribution < 1.29 is 9.59 Å². The summed E-state index contributed by atoms with van der Waals surface area (Å²) in [5.41, 5.74) is 0.642. The maximum atomic E-state index is 12.7. The second-order valence-corrected chi connectivity index (χ2v) is 4.79. The van der Waals surface area contributed by atoms with Gasteiger partial charge in [-0.2, -0.15) is 0 Å². The zero-order valence-electron chi connectivity index (χ0n) is 12.1. The van der Waals surface area contributed by atoms with E-state index in [1.807, 2.05) is 36.7 Å². The van der Waals surface area contributed by atoms with E-state index in [0.717, 1.165) is 6.54 Å². The van der Waals surface area contributed by atoms with Gasteiger partial charge in [0.05, 0.1) is 0 Å². The number of rotatable bonds is 4. The van der Waals surface area contributed by atoms with Crippen molar-refractivity contribution in [2.75, 3.05) is 26.2 Å². The third-order valence-corrected chi connectivity index (χ3v) is 3.55. The maximum absolute atomic E-state index is 12.7. The highest BCUT2D eigenvalue weighted by molar-refractivity contribution is 5.96. The van der Waals surface area contributed by atoms with Gasteiger partial charge in [0.25, 0.3) is 5.91 Å². The molecule has 0 aromatic carbocycles. The molecule has 2 rings (SSSR count). The molecule has 0 saturated carbocycles. The van der Waals surface area contributed by atoms with Gasteiger partial charge in [-0.25, -0.2) is 0 Å². The minimum Gasteiger partial charge on any atom is -0.355 e. The third kappa shape index (κ3) is 2.85. The molecule has 1 aromatic heterocycles. The average Bonchev–Trinajstić information content (AvgIpc) is 2.95. The van der Waals surface area contributed by atoms with Crippen molar-refractivity contribution in [1.29, 1.82) is 0 Å². The van der Waals surface area contributed by atoms with E-state index in [0.29, 0.717) is 31.9 Å². The first-order valence-corrected chi connectivity index (χ1v) is 7.13. The third-order valence-electron chi connectivity index (χ3n) is 3.55. The van der Waals surface area contributed by atoms with Gasteiger partial charge < -0.3 is 20.1 Å². The van der Waals surface area contributed by atoms with E-state index in [9.17, 15) is 9.59 Å². The first kappa shape index (κ1) is 14.6. The van der Waals surface area contributed by atoms with Crippen LogP contribution in [0.4, 0.5) is 0 Å². The molecule has 1 aromatic rings. The van der Waals surface area contributed by atoms with Crippen LogP contribution in [0.15, 0.2) is 18.3 Å². The standard InChI is InChI=1S/C14H22N4O2/c1-3-16-13(19)12-10-15-7-9-18(12)14(20)11-6-5-8-17(11)4-2/h5-6,8,12,15H,3-4,7,9-10H2,1-2H3,(H,16,19). The number of carbonyl (C=O) groups is 2. The van der Waals surface area contributed by atoms with Crippen LogP contribution in [0.5, 0.6) is 0 Å². The lowest BCUT2D eigenvalue weighted by atomic mass is 10.1. The van der Waals surface area contributed by atoms with Gasteiger partial charge >= 0.3 is 0 Å². The molecule has 1 unspecified atom stereocenters. The van der Waals surface area contributed by atoms with E-state index >= 15 is 0 Å². The lowest BCUT2D eigenvalue weighted by Gasteiger charge is -2.35. The van der Waals surface area contributed by atoms with Crippen LogP contribution in [-0.2, 0) is 11.3 Å². The Bertz CT molecular complexity index is 483. The second kappa shape index (κ2) is 6.56. The van der Waals surface area contributed by atoms with Crippen molar-refractivity contribution in [1.82, 2.24) is 20.1 Å². The fourth-order valence-electron chi connectivity index (χ4n) is 2.50. The first-order valence-electron chi connectivity index (χ1n) is 7.13. The van der Waals surface area contributed by atoms with Crippen LogP contribution < -0.4 is 10.6 Å². The molecular formula is C14H22N4O2. The lowest BCUT2D eigenvalue weighted by Crippen LogP contribution is -2.59. The molecule has 2 N–H and O–H groups in total. The highest BCUT2D eigenvalue weighted by Crippen LogP contribution is 2.12. The number of aromatic nitrogens is 1. The predicted molar refractivity (Wildman–Crippen MR) is 76.5 cm³/mol. The van der Waals surface area contributed by atoms with Crippen LogP contribution in [0.2, 0.25) is 0 Å². The molecule has 2 amide bonds. The first-order chi connectivity index (χ1) is 9.69. The molecule has 0 spiro atoms. The Morgan fingerprint density at radius 1 is 1.45 bits per heavy atom. The van der Waals surface area contributed by atoms with Crippen LogP contribution in [-0.4, -0.2) is 53.5 Å². The Labute approximate surface area is 119 Å². The Kier molecular flexibility index (Phi) is 4.79. The monoisotopic (exact) mass is 278 g/mol. The van der Waals surface area contributed by atoms with Crippen molar-refractivity contribution in [3.63, 3.8) is 0 Å². The number of hydrogen-bond acceptors (Lipinski definition) is 3. The Balaban J connectivity index is 2.19. The number of piperazine rings is 1. The Hall–Kier alpha value is -1.82. The normalized spacial score (nSPS) is 18.9. The lowest BCUT2D eigenvalue weighted by molar-refractivity contribution is -0.126. The second-order valence-electron chi connectivity index (χ2n) is 4.79. The van der Waals surface area contributed by atoms with Crippen LogP contribution in [0, 0.1) is 0 Å². The summed E-state index contributed by atoms with van der Waals surface area (Å²) >= 11 is 0. The molecule has 2 heterocycles. The minimum atomic E-state index is -0.434. The van der Waals surface area contributed by atoms with Gasteiger partial charge in [-0.1, -0.05) is 0 Å². The van der Waals surface area contributed by atoms with Gasteiger partial charge in [0.15, 0.2) is 0 Å². The molecule has 1 aliphatic rings. The van der Waals surface area contributed by atoms with Crippen molar-refractivity contribution in [2.45, 2.75) is 26.4 Å². The molecule has 1 fully saturated rings. The molecular weight excluding hydrogens is 256 g/mol. The van der Waals surface area contributed by atoms with Gasteiger partial charge in [-0.15, -0.1) is 0 Å². The fraction of sp³-hybridized carbons (Fsp3) is 0.571. The molecule has 6 heteroatoms. The minimum absolute atomic E-state index is 0.0744. The van der Waals surface area contributed by atoms with Crippen LogP contribution in [0.1, 0.15) is 24.3 Å². The molecule has 1 saturated heterocycles. The van der Waals surface area contributed by atoms with Gasteiger partial charge in [0, 0.05) is 38.9 Å². The average molecular weight is 278 g/mol. The van der Waals surface area contributed by atoms with Crippen LogP contribution >= 0.6 is 0 Å². The number of nitrogens with one attached hydrogen (secondary N) is 2. The quantitative estimate of drug-likeness (QED) is 0.818. The zero-order chi connectivity index (χ0) is 14.5. The summed E-state index contributed by atoms with van der Waals surface area (Å²) in [5.74, 6) is -0.169. The molecule has 0 radical (unpaired) electrons. The summed E-state index contributed by atoms with van der Waals surface area (Å²) in [6, 6.07) is 3.24. The number of hydrogen-bond donors (Lipinski definition) is 2. The van der Waals surface area contributed by atoms with Gasteiger partial charge in [-0.3, -0.25) is 9.59 Å². The predicted octanol–water partition coefficient (Wildman–Crippen LogP) is 0.0581. The summed E-state index contributed by atoms with van der Waals surface area (Å²) < 4.78 is 1.90. The molecule has 1 aliphatic heterocycles. The largest absolute Gasteiger partial charge is 0.355 e. The number of likely N-dealkylation sites (N-methyl/N-ethyl adjacent to an activating group) is 1. The summed E-state index contributed by atoms with van der Waals surface area (Å²) in [6.45, 7) is 6.96. The van der Waals surface area contributed by atoms with Crippen molar-refractivity contribution >= 4 is 11.8 Å². The topological polar surface area (TPSA) is 66.4 Å². The van der Waals surface area contributed by atoms with Crippen molar-refractivity contribution in [2.24, 2.45) is 0 Å². The summed E-state index contributed by atoms with van der Waals surface area (Å²) in [6.07, 6.45) is 1.89. The molecule has 1 atom stereocenters. The number of nitrogens with zero attached hydrogens (tertiary/aromatic N) is 2. The highest BCUT2D eigenvalue weighted by Gasteiger charge is 2.33. The summed E-state index contributed by atoms with van der Waals surface area (Å²) in [7, 11) is 0. The smallest absolute Gasteiger partial charge is 0.271 e. The molecule has 20 heavy (non-hydrogen) atoms. The molecule has 6 nitrogen and oxygen atoms in total. The van der Waals surface area contributed by atoms with Gasteiger partial charge in [-0.05, 0) is 26.0 Å². The Morgan fingerprint density at radius 2 is 2.25 bits per heavy atom. The van der Waals surface area contributed by atoms with Crippen molar-refractivity contribution in [3.8, 4) is 0 Å². The Morgan fingerprint density at radius 3 is 2.95 bits per heavy atom. The van der Waals surface area contributed by atoms with Crippen LogP contribution in [0.25, 0.3) is 0 Å². The van der Waals surface area contributed by atoms with E-state index in [2.05, 4.69) is 10.6 Å². The summed E-state index contributed by atoms with van der Waals surface area (Å²) in [4.78, 5) is 26.4.